The van der Waals surface area contributed by atoms with E-state index in [1.54, 1.807) is 12.4 Å². The highest BCUT2D eigenvalue weighted by atomic mass is 16.3. The van der Waals surface area contributed by atoms with Crippen LogP contribution in [0.5, 0.6) is 0 Å². The lowest BCUT2D eigenvalue weighted by Crippen LogP contribution is -2.51. The molecule has 7 heteroatoms. The number of hydrogen-bond acceptors (Lipinski definition) is 5. The lowest BCUT2D eigenvalue weighted by atomic mass is 9.95. The van der Waals surface area contributed by atoms with Gasteiger partial charge in [0.2, 0.25) is 5.91 Å². The minimum Gasteiger partial charge on any atom is -0.396 e. The number of H-pyrrole nitrogens is 1. The van der Waals surface area contributed by atoms with Crippen molar-refractivity contribution in [2.45, 2.75) is 50.6 Å². The zero-order valence-corrected chi connectivity index (χ0v) is 21.1. The molecule has 5 rings (SSSR count). The number of benzene rings is 2. The predicted molar refractivity (Wildman–Crippen MR) is 149 cm³/mol. The minimum atomic E-state index is -0.395. The number of anilines is 3. The van der Waals surface area contributed by atoms with Crippen LogP contribution in [0.3, 0.4) is 0 Å². The number of hydrogen-bond donors (Lipinski definition) is 4. The number of nitrogens with one attached hydrogen (secondary N) is 3. The Bertz CT molecular complexity index is 1290. The van der Waals surface area contributed by atoms with Gasteiger partial charge in [-0.1, -0.05) is 18.2 Å². The van der Waals surface area contributed by atoms with Crippen molar-refractivity contribution in [3.8, 4) is 0 Å². The summed E-state index contributed by atoms with van der Waals surface area (Å²) in [5.41, 5.74) is 5.05. The van der Waals surface area contributed by atoms with Crippen LogP contribution < -0.4 is 10.6 Å². The standard InChI is InChI=1S/C30H35N5O2/c36-19-5-7-26-6-3-4-18-35(26)30(37)29(20-22-21-32-28-9-2-1-8-27(22)28)34-24-12-10-23(11-13-24)33-25-14-16-31-17-15-25/h1-2,8-17,21,26,29,32,34,36H,3-7,18-20H2,(H,31,33)/t26-,29-/m1/s1. The molecule has 2 atom stereocenters. The normalized spacial score (nSPS) is 16.5. The van der Waals surface area contributed by atoms with Crippen LogP contribution >= 0.6 is 0 Å². The highest BCUT2D eigenvalue weighted by molar-refractivity contribution is 5.88. The highest BCUT2D eigenvalue weighted by Gasteiger charge is 2.32. The van der Waals surface area contributed by atoms with E-state index in [4.69, 9.17) is 0 Å². The molecular formula is C30H35N5O2. The topological polar surface area (TPSA) is 93.3 Å². The first-order valence-electron chi connectivity index (χ1n) is 13.2. The molecule has 0 spiro atoms. The SMILES string of the molecule is O=C([C@@H](Cc1c[nH]c2ccccc12)Nc1ccc(Nc2ccncc2)cc1)N1CCCC[C@@H]1CCCO. The van der Waals surface area contributed by atoms with Crippen molar-refractivity contribution in [1.29, 1.82) is 0 Å². The summed E-state index contributed by atoms with van der Waals surface area (Å²) in [6.45, 7) is 0.936. The van der Waals surface area contributed by atoms with Crippen LogP contribution in [0.25, 0.3) is 10.9 Å². The molecule has 1 aliphatic rings. The van der Waals surface area contributed by atoms with E-state index in [1.807, 2.05) is 54.7 Å². The smallest absolute Gasteiger partial charge is 0.245 e. The summed E-state index contributed by atoms with van der Waals surface area (Å²) in [6.07, 6.45) is 10.8. The van der Waals surface area contributed by atoms with Crippen molar-refractivity contribution < 1.29 is 9.90 Å². The van der Waals surface area contributed by atoms with Gasteiger partial charge in [0.1, 0.15) is 6.04 Å². The quantitative estimate of drug-likeness (QED) is 0.233. The van der Waals surface area contributed by atoms with Crippen LogP contribution in [-0.2, 0) is 11.2 Å². The Morgan fingerprint density at radius 2 is 1.78 bits per heavy atom. The van der Waals surface area contributed by atoms with Gasteiger partial charge in [-0.05, 0) is 80.1 Å². The molecule has 7 nitrogen and oxygen atoms in total. The Balaban J connectivity index is 1.37. The van der Waals surface area contributed by atoms with E-state index in [1.165, 1.54) is 0 Å². The highest BCUT2D eigenvalue weighted by Crippen LogP contribution is 2.26. The Morgan fingerprint density at radius 3 is 2.59 bits per heavy atom. The summed E-state index contributed by atoms with van der Waals surface area (Å²) in [7, 11) is 0. The summed E-state index contributed by atoms with van der Waals surface area (Å²) in [6, 6.07) is 19.9. The van der Waals surface area contributed by atoms with Crippen molar-refractivity contribution >= 4 is 33.9 Å². The maximum atomic E-state index is 14.0. The number of aromatic nitrogens is 2. The van der Waals surface area contributed by atoms with Crippen molar-refractivity contribution in [3.63, 3.8) is 0 Å². The fourth-order valence-electron chi connectivity index (χ4n) is 5.29. The first kappa shape index (κ1) is 24.8. The maximum absolute atomic E-state index is 14.0. The van der Waals surface area contributed by atoms with Gasteiger partial charge in [-0.15, -0.1) is 0 Å². The molecule has 0 bridgehead atoms. The van der Waals surface area contributed by atoms with Crippen molar-refractivity contribution in [3.05, 3.63) is 84.8 Å². The number of aliphatic hydroxyl groups is 1. The van der Waals surface area contributed by atoms with Gasteiger partial charge < -0.3 is 25.6 Å². The number of fused-ring (bicyclic) bond motifs is 1. The van der Waals surface area contributed by atoms with E-state index in [9.17, 15) is 9.90 Å². The number of carbonyl (C=O) groups excluding carboxylic acids is 1. The number of piperidine rings is 1. The molecule has 2 aromatic heterocycles. The number of carbonyl (C=O) groups is 1. The van der Waals surface area contributed by atoms with Crippen LogP contribution in [-0.4, -0.2) is 51.1 Å². The molecule has 1 aliphatic heterocycles. The van der Waals surface area contributed by atoms with Crippen LogP contribution in [0.2, 0.25) is 0 Å². The number of pyridine rings is 1. The first-order valence-corrected chi connectivity index (χ1v) is 13.2. The van der Waals surface area contributed by atoms with Gasteiger partial charge in [-0.25, -0.2) is 0 Å². The van der Waals surface area contributed by atoms with Gasteiger partial charge >= 0.3 is 0 Å². The van der Waals surface area contributed by atoms with Crippen molar-refractivity contribution in [1.82, 2.24) is 14.9 Å². The van der Waals surface area contributed by atoms with E-state index in [2.05, 4.69) is 37.6 Å². The monoisotopic (exact) mass is 497 g/mol. The molecule has 1 saturated heterocycles. The van der Waals surface area contributed by atoms with Crippen LogP contribution in [0.4, 0.5) is 17.1 Å². The average Bonchev–Trinajstić information content (AvgIpc) is 3.35. The molecule has 2 aromatic carbocycles. The Labute approximate surface area is 217 Å². The van der Waals surface area contributed by atoms with Gasteiger partial charge in [-0.2, -0.15) is 0 Å². The molecule has 0 unspecified atom stereocenters. The number of rotatable bonds is 10. The summed E-state index contributed by atoms with van der Waals surface area (Å²) in [5.74, 6) is 0.131. The fourth-order valence-corrected chi connectivity index (χ4v) is 5.29. The second-order valence-electron chi connectivity index (χ2n) is 9.75. The zero-order chi connectivity index (χ0) is 25.5. The molecule has 0 saturated carbocycles. The lowest BCUT2D eigenvalue weighted by molar-refractivity contribution is -0.136. The molecule has 1 amide bonds. The first-order chi connectivity index (χ1) is 18.2. The molecule has 0 radical (unpaired) electrons. The van der Waals surface area contributed by atoms with Gasteiger partial charge in [-0.3, -0.25) is 9.78 Å². The zero-order valence-electron chi connectivity index (χ0n) is 21.1. The second-order valence-corrected chi connectivity index (χ2v) is 9.75. The van der Waals surface area contributed by atoms with E-state index >= 15 is 0 Å². The van der Waals surface area contributed by atoms with E-state index in [0.717, 1.165) is 72.2 Å². The molecule has 1 fully saturated rings. The predicted octanol–water partition coefficient (Wildman–Crippen LogP) is 5.48. The van der Waals surface area contributed by atoms with Gasteiger partial charge in [0.15, 0.2) is 0 Å². The number of aliphatic hydroxyl groups excluding tert-OH is 1. The number of amides is 1. The van der Waals surface area contributed by atoms with E-state index in [-0.39, 0.29) is 18.6 Å². The molecule has 4 N–H and O–H groups in total. The molecule has 0 aliphatic carbocycles. The Hall–Kier alpha value is -3.84. The van der Waals surface area contributed by atoms with Crippen LogP contribution in [0.1, 0.15) is 37.7 Å². The second kappa shape index (κ2) is 11.9. The van der Waals surface area contributed by atoms with Crippen molar-refractivity contribution in [2.75, 3.05) is 23.8 Å². The Morgan fingerprint density at radius 1 is 1.03 bits per heavy atom. The largest absolute Gasteiger partial charge is 0.396 e. The third-order valence-electron chi connectivity index (χ3n) is 7.20. The van der Waals surface area contributed by atoms with E-state index < -0.39 is 6.04 Å². The summed E-state index contributed by atoms with van der Waals surface area (Å²) < 4.78 is 0. The molecule has 37 heavy (non-hydrogen) atoms. The number of likely N-dealkylation sites (tertiary alicyclic amines) is 1. The van der Waals surface area contributed by atoms with Gasteiger partial charge in [0.25, 0.3) is 0 Å². The van der Waals surface area contributed by atoms with Gasteiger partial charge in [0.05, 0.1) is 0 Å². The number of aromatic amines is 1. The summed E-state index contributed by atoms with van der Waals surface area (Å²) >= 11 is 0. The molecule has 192 valence electrons. The third kappa shape index (κ3) is 6.12. The lowest BCUT2D eigenvalue weighted by Gasteiger charge is -2.38. The Kier molecular flexibility index (Phi) is 8.01. The molecule has 4 aromatic rings. The fraction of sp³-hybridized carbons (Fsp3) is 0.333. The number of nitrogens with zero attached hydrogens (tertiary/aromatic N) is 2. The van der Waals surface area contributed by atoms with Crippen molar-refractivity contribution in [2.24, 2.45) is 0 Å². The third-order valence-corrected chi connectivity index (χ3v) is 7.20. The molecular weight excluding hydrogens is 462 g/mol. The summed E-state index contributed by atoms with van der Waals surface area (Å²) in [4.78, 5) is 23.5. The minimum absolute atomic E-state index is 0.131. The summed E-state index contributed by atoms with van der Waals surface area (Å²) in [5, 5.41) is 17.5. The van der Waals surface area contributed by atoms with Crippen LogP contribution in [0.15, 0.2) is 79.3 Å². The maximum Gasteiger partial charge on any atom is 0.245 e. The van der Waals surface area contributed by atoms with Crippen LogP contribution in [0, 0.1) is 0 Å². The average molecular weight is 498 g/mol. The van der Waals surface area contributed by atoms with E-state index in [0.29, 0.717) is 6.42 Å². The number of para-hydroxylation sites is 1. The molecule has 3 heterocycles. The van der Waals surface area contributed by atoms with Gasteiger partial charge in [0, 0.05) is 72.2 Å².